The number of benzene rings is 1. The van der Waals surface area contributed by atoms with Crippen LogP contribution in [0.4, 0.5) is 0 Å². The van der Waals surface area contributed by atoms with E-state index in [-0.39, 0.29) is 0 Å². The number of hydrogen-bond acceptors (Lipinski definition) is 3. The SMILES string of the molecule is COc1ccc(S)c2c1O2. The third-order valence-electron chi connectivity index (χ3n) is 1.44. The molecule has 10 heavy (non-hydrogen) atoms. The van der Waals surface area contributed by atoms with Crippen LogP contribution in [-0.4, -0.2) is 7.11 Å². The molecule has 2 nitrogen and oxygen atoms in total. The van der Waals surface area contributed by atoms with E-state index in [1.54, 1.807) is 7.11 Å². The van der Waals surface area contributed by atoms with E-state index in [2.05, 4.69) is 12.6 Å². The second kappa shape index (κ2) is 1.83. The van der Waals surface area contributed by atoms with E-state index in [4.69, 9.17) is 9.47 Å². The van der Waals surface area contributed by atoms with Crippen LogP contribution in [0.15, 0.2) is 17.0 Å². The highest BCUT2D eigenvalue weighted by Crippen LogP contribution is 2.55. The molecule has 0 radical (unpaired) electrons. The Hall–Kier alpha value is -0.830. The highest BCUT2D eigenvalue weighted by molar-refractivity contribution is 7.80. The van der Waals surface area contributed by atoms with Crippen molar-refractivity contribution in [2.45, 2.75) is 4.90 Å². The monoisotopic (exact) mass is 154 g/mol. The molecule has 0 fully saturated rings. The van der Waals surface area contributed by atoms with Crippen LogP contribution in [0.1, 0.15) is 0 Å². The summed E-state index contributed by atoms with van der Waals surface area (Å²) in [5, 5.41) is 0. The van der Waals surface area contributed by atoms with Gasteiger partial charge in [-0.3, -0.25) is 0 Å². The molecule has 0 spiro atoms. The fraction of sp³-hybridized carbons (Fsp3) is 0.143. The Bertz CT molecular complexity index is 283. The molecular weight excluding hydrogens is 148 g/mol. The average molecular weight is 154 g/mol. The van der Waals surface area contributed by atoms with Crippen molar-refractivity contribution in [3.05, 3.63) is 12.1 Å². The first-order valence-corrected chi connectivity index (χ1v) is 3.35. The number of thiol groups is 1. The van der Waals surface area contributed by atoms with Crippen LogP contribution in [0.25, 0.3) is 0 Å². The summed E-state index contributed by atoms with van der Waals surface area (Å²) in [4.78, 5) is 0.871. The molecule has 1 heterocycles. The fourth-order valence-electron chi connectivity index (χ4n) is 0.874. The Balaban J connectivity index is 2.53. The molecule has 1 aromatic carbocycles. The first-order chi connectivity index (χ1) is 4.83. The number of fused-ring (bicyclic) bond motifs is 1. The zero-order valence-corrected chi connectivity index (χ0v) is 6.31. The minimum atomic E-state index is 0.785. The summed E-state index contributed by atoms with van der Waals surface area (Å²) in [6.07, 6.45) is 0. The maximum Gasteiger partial charge on any atom is 0.213 e. The molecule has 52 valence electrons. The third-order valence-corrected chi connectivity index (χ3v) is 1.79. The number of ether oxygens (including phenoxy) is 2. The van der Waals surface area contributed by atoms with Crippen molar-refractivity contribution < 1.29 is 9.47 Å². The van der Waals surface area contributed by atoms with Gasteiger partial charge in [-0.2, -0.15) is 0 Å². The van der Waals surface area contributed by atoms with Gasteiger partial charge in [0.15, 0.2) is 11.5 Å². The van der Waals surface area contributed by atoms with Crippen molar-refractivity contribution in [2.75, 3.05) is 7.11 Å². The lowest BCUT2D eigenvalue weighted by molar-refractivity contribution is 0.408. The average Bonchev–Trinajstić information content (AvgIpc) is 2.68. The lowest BCUT2D eigenvalue weighted by Gasteiger charge is -1.92. The number of hydrogen-bond donors (Lipinski definition) is 1. The number of rotatable bonds is 1. The van der Waals surface area contributed by atoms with Crippen molar-refractivity contribution >= 4 is 12.6 Å². The molecule has 0 bridgehead atoms. The van der Waals surface area contributed by atoms with Crippen LogP contribution in [0.5, 0.6) is 17.2 Å². The summed E-state index contributed by atoms with van der Waals surface area (Å²) in [6.45, 7) is 0. The summed E-state index contributed by atoms with van der Waals surface area (Å²) < 4.78 is 10.1. The molecule has 0 saturated carbocycles. The lowest BCUT2D eigenvalue weighted by Crippen LogP contribution is -1.77. The molecule has 0 atom stereocenters. The van der Waals surface area contributed by atoms with E-state index in [9.17, 15) is 0 Å². The topological polar surface area (TPSA) is 21.8 Å². The van der Waals surface area contributed by atoms with Gasteiger partial charge >= 0.3 is 0 Å². The second-order valence-electron chi connectivity index (χ2n) is 2.05. The van der Waals surface area contributed by atoms with Gasteiger partial charge in [0.25, 0.3) is 0 Å². The first kappa shape index (κ1) is 5.92. The molecule has 1 aliphatic heterocycles. The maximum absolute atomic E-state index is 5.09. The highest BCUT2D eigenvalue weighted by atomic mass is 32.1. The summed E-state index contributed by atoms with van der Waals surface area (Å²) in [5.41, 5.74) is 0. The minimum Gasteiger partial charge on any atom is -0.493 e. The maximum atomic E-state index is 5.09. The molecule has 0 aliphatic carbocycles. The van der Waals surface area contributed by atoms with Crippen molar-refractivity contribution in [1.29, 1.82) is 0 Å². The molecule has 0 aromatic heterocycles. The summed E-state index contributed by atoms with van der Waals surface area (Å²) >= 11 is 4.16. The zero-order chi connectivity index (χ0) is 7.14. The third kappa shape index (κ3) is 0.671. The Morgan fingerprint density at radius 3 is 2.90 bits per heavy atom. The Morgan fingerprint density at radius 2 is 2.20 bits per heavy atom. The summed E-state index contributed by atoms with van der Waals surface area (Å²) in [7, 11) is 1.62. The molecule has 1 aliphatic rings. The number of methoxy groups -OCH3 is 1. The van der Waals surface area contributed by atoms with Crippen LogP contribution in [-0.2, 0) is 0 Å². The van der Waals surface area contributed by atoms with Crippen LogP contribution in [0.3, 0.4) is 0 Å². The normalized spacial score (nSPS) is 11.8. The van der Waals surface area contributed by atoms with Crippen LogP contribution >= 0.6 is 12.6 Å². The zero-order valence-electron chi connectivity index (χ0n) is 5.42. The summed E-state index contributed by atoms with van der Waals surface area (Å²) in [5.74, 6) is 2.46. The van der Waals surface area contributed by atoms with Crippen LogP contribution < -0.4 is 9.47 Å². The Morgan fingerprint density at radius 1 is 1.40 bits per heavy atom. The van der Waals surface area contributed by atoms with E-state index in [0.29, 0.717) is 0 Å². The first-order valence-electron chi connectivity index (χ1n) is 2.90. The van der Waals surface area contributed by atoms with Gasteiger partial charge in [0.2, 0.25) is 5.75 Å². The van der Waals surface area contributed by atoms with Crippen LogP contribution in [0, 0.1) is 0 Å². The molecule has 2 rings (SSSR count). The second-order valence-corrected chi connectivity index (χ2v) is 2.53. The lowest BCUT2D eigenvalue weighted by atomic mass is 10.3. The largest absolute Gasteiger partial charge is 0.493 e. The Labute approximate surface area is 64.2 Å². The standard InChI is InChI=1S/C7H6O2S/c1-8-4-2-3-5(10)7-6(4)9-7/h2-3,10H,1H3. The fourth-order valence-corrected chi connectivity index (χ4v) is 1.10. The molecule has 0 N–H and O–H groups in total. The summed E-state index contributed by atoms with van der Waals surface area (Å²) in [6, 6.07) is 3.70. The molecule has 0 amide bonds. The van der Waals surface area contributed by atoms with Crippen molar-refractivity contribution in [3.63, 3.8) is 0 Å². The molecule has 0 unspecified atom stereocenters. The Kier molecular flexibility index (Phi) is 1.08. The van der Waals surface area contributed by atoms with Crippen LogP contribution in [0.2, 0.25) is 0 Å². The van der Waals surface area contributed by atoms with Gasteiger partial charge in [-0.05, 0) is 12.1 Å². The van der Waals surface area contributed by atoms with Gasteiger partial charge in [0.05, 0.1) is 12.0 Å². The van der Waals surface area contributed by atoms with Crippen molar-refractivity contribution in [3.8, 4) is 17.2 Å². The smallest absolute Gasteiger partial charge is 0.213 e. The van der Waals surface area contributed by atoms with Crippen molar-refractivity contribution in [2.24, 2.45) is 0 Å². The van der Waals surface area contributed by atoms with E-state index < -0.39 is 0 Å². The predicted molar refractivity (Wildman–Crippen MR) is 40.3 cm³/mol. The van der Waals surface area contributed by atoms with Gasteiger partial charge in [0.1, 0.15) is 0 Å². The van der Waals surface area contributed by atoms with E-state index in [1.807, 2.05) is 12.1 Å². The molecule has 3 heteroatoms. The van der Waals surface area contributed by atoms with Gasteiger partial charge in [-0.15, -0.1) is 12.6 Å². The van der Waals surface area contributed by atoms with E-state index in [1.165, 1.54) is 0 Å². The van der Waals surface area contributed by atoms with E-state index >= 15 is 0 Å². The van der Waals surface area contributed by atoms with Gasteiger partial charge in [-0.25, -0.2) is 0 Å². The highest BCUT2D eigenvalue weighted by Gasteiger charge is 2.28. The van der Waals surface area contributed by atoms with Gasteiger partial charge in [0, 0.05) is 0 Å². The van der Waals surface area contributed by atoms with Gasteiger partial charge < -0.3 is 9.47 Å². The van der Waals surface area contributed by atoms with E-state index in [0.717, 1.165) is 22.1 Å². The molecule has 0 saturated heterocycles. The molecule has 1 aromatic rings. The van der Waals surface area contributed by atoms with Crippen molar-refractivity contribution in [1.82, 2.24) is 0 Å². The minimum absolute atomic E-state index is 0.785. The molecular formula is C7H6O2S. The van der Waals surface area contributed by atoms with Gasteiger partial charge in [-0.1, -0.05) is 0 Å². The quantitative estimate of drug-likeness (QED) is 0.501. The predicted octanol–water partition coefficient (Wildman–Crippen LogP) is 2.09.